The summed E-state index contributed by atoms with van der Waals surface area (Å²) < 4.78 is 53.3. The van der Waals surface area contributed by atoms with Gasteiger partial charge in [-0.15, -0.1) is 0 Å². The maximum absolute atomic E-state index is 13.1. The number of rotatable bonds is 4. The van der Waals surface area contributed by atoms with Crippen LogP contribution in [0.2, 0.25) is 5.02 Å². The van der Waals surface area contributed by atoms with E-state index in [0.717, 1.165) is 28.8 Å². The van der Waals surface area contributed by atoms with E-state index in [2.05, 4.69) is 4.98 Å². The number of carbonyl (C=O) groups is 1. The molecule has 0 saturated heterocycles. The average molecular weight is 456 g/mol. The fourth-order valence-electron chi connectivity index (χ4n) is 2.76. The number of amides is 1. The van der Waals surface area contributed by atoms with Crippen LogP contribution in [-0.2, 0) is 17.0 Å². The van der Waals surface area contributed by atoms with Crippen LogP contribution in [0.4, 0.5) is 13.2 Å². The molecule has 2 heterocycles. The van der Waals surface area contributed by atoms with Gasteiger partial charge in [0, 0.05) is 17.6 Å². The fraction of sp³-hybridized carbons (Fsp3) is 0.105. The molecule has 30 heavy (non-hydrogen) atoms. The van der Waals surface area contributed by atoms with Gasteiger partial charge in [-0.1, -0.05) is 17.7 Å². The van der Waals surface area contributed by atoms with Gasteiger partial charge in [0.25, 0.3) is 11.5 Å². The highest BCUT2D eigenvalue weighted by molar-refractivity contribution is 7.85. The molecule has 0 aliphatic rings. The number of primary amides is 1. The van der Waals surface area contributed by atoms with Crippen molar-refractivity contribution in [1.82, 2.24) is 9.55 Å². The van der Waals surface area contributed by atoms with Crippen molar-refractivity contribution < 1.29 is 22.2 Å². The van der Waals surface area contributed by atoms with Gasteiger partial charge >= 0.3 is 6.18 Å². The molecular formula is C19H13ClF3N3O3S. The first-order chi connectivity index (χ1) is 14.0. The van der Waals surface area contributed by atoms with Crippen LogP contribution in [0.15, 0.2) is 63.4 Å². The largest absolute Gasteiger partial charge is 0.416 e. The van der Waals surface area contributed by atoms with Gasteiger partial charge in [0.05, 0.1) is 15.5 Å². The summed E-state index contributed by atoms with van der Waals surface area (Å²) >= 11 is 5.78. The Morgan fingerprint density at radius 3 is 2.47 bits per heavy atom. The molecular weight excluding hydrogens is 443 g/mol. The number of aromatic nitrogens is 2. The van der Waals surface area contributed by atoms with Gasteiger partial charge in [-0.2, -0.15) is 13.2 Å². The van der Waals surface area contributed by atoms with E-state index in [-0.39, 0.29) is 21.3 Å². The first kappa shape index (κ1) is 21.7. The van der Waals surface area contributed by atoms with Crippen molar-refractivity contribution in [2.75, 3.05) is 0 Å². The smallest absolute Gasteiger partial charge is 0.365 e. The van der Waals surface area contributed by atoms with Crippen LogP contribution in [-0.4, -0.2) is 19.7 Å². The van der Waals surface area contributed by atoms with Gasteiger partial charge in [-0.3, -0.25) is 14.2 Å². The van der Waals surface area contributed by atoms with Crippen LogP contribution in [0.1, 0.15) is 21.6 Å². The Morgan fingerprint density at radius 2 is 1.90 bits per heavy atom. The minimum atomic E-state index is -4.65. The Morgan fingerprint density at radius 1 is 1.20 bits per heavy atom. The lowest BCUT2D eigenvalue weighted by atomic mass is 10.1. The molecule has 1 unspecified atom stereocenters. The molecule has 1 aromatic carbocycles. The minimum absolute atomic E-state index is 0.00404. The number of benzene rings is 1. The predicted molar refractivity (Wildman–Crippen MR) is 104 cm³/mol. The summed E-state index contributed by atoms with van der Waals surface area (Å²) in [4.78, 5) is 28.5. The van der Waals surface area contributed by atoms with Gasteiger partial charge in [-0.05, 0) is 43.3 Å². The number of hydrogen-bond acceptors (Lipinski definition) is 4. The lowest BCUT2D eigenvalue weighted by Gasteiger charge is -2.17. The molecule has 0 aliphatic carbocycles. The Labute approximate surface area is 175 Å². The minimum Gasteiger partial charge on any atom is -0.365 e. The quantitative estimate of drug-likeness (QED) is 0.651. The second kappa shape index (κ2) is 8.04. The number of nitrogens with two attached hydrogens (primary N) is 1. The van der Waals surface area contributed by atoms with Crippen LogP contribution >= 0.6 is 11.6 Å². The van der Waals surface area contributed by atoms with Crippen LogP contribution in [0, 0.1) is 6.92 Å². The Balaban J connectivity index is 2.29. The Hall–Kier alpha value is -2.98. The molecule has 2 N–H and O–H groups in total. The highest BCUT2D eigenvalue weighted by atomic mass is 35.5. The summed E-state index contributed by atoms with van der Waals surface area (Å²) in [5.74, 6) is -1.11. The van der Waals surface area contributed by atoms with E-state index in [1.807, 2.05) is 0 Å². The first-order valence-corrected chi connectivity index (χ1v) is 9.81. The number of carbonyl (C=O) groups excluding carboxylic acids is 1. The molecule has 156 valence electrons. The highest BCUT2D eigenvalue weighted by Crippen LogP contribution is 2.31. The van der Waals surface area contributed by atoms with Gasteiger partial charge in [0.1, 0.15) is 21.4 Å². The van der Waals surface area contributed by atoms with Crippen LogP contribution in [0.3, 0.4) is 0 Å². The third-order valence-corrected chi connectivity index (χ3v) is 5.85. The topological polar surface area (TPSA) is 95.1 Å². The fourth-order valence-corrected chi connectivity index (χ4v) is 4.02. The van der Waals surface area contributed by atoms with E-state index in [1.165, 1.54) is 31.3 Å². The van der Waals surface area contributed by atoms with E-state index >= 15 is 0 Å². The molecule has 0 aliphatic heterocycles. The molecule has 3 aromatic rings. The maximum atomic E-state index is 13.1. The van der Waals surface area contributed by atoms with Crippen molar-refractivity contribution in [3.8, 4) is 5.69 Å². The standard InChI is InChI=1S/C19H13ClF3N3O3S/c1-10-15(30(29)16-6-5-12(20)9-25-16)8-14(17(24)27)18(28)26(10)13-4-2-3-11(7-13)19(21,22)23/h2-9H,1H3,(H2,24,27). The average Bonchev–Trinajstić information content (AvgIpc) is 2.67. The Kier molecular flexibility index (Phi) is 5.82. The van der Waals surface area contributed by atoms with E-state index in [1.54, 1.807) is 0 Å². The molecule has 1 amide bonds. The van der Waals surface area contributed by atoms with Crippen molar-refractivity contribution in [1.29, 1.82) is 0 Å². The summed E-state index contributed by atoms with van der Waals surface area (Å²) in [5, 5.41) is 0.381. The zero-order valence-electron chi connectivity index (χ0n) is 15.2. The van der Waals surface area contributed by atoms with Crippen molar-refractivity contribution >= 4 is 28.3 Å². The lowest BCUT2D eigenvalue weighted by Crippen LogP contribution is -2.31. The molecule has 6 nitrogen and oxygen atoms in total. The number of alkyl halides is 3. The molecule has 3 rings (SSSR count). The SMILES string of the molecule is Cc1c(S(=O)c2ccc(Cl)cn2)cc(C(N)=O)c(=O)n1-c1cccc(C(F)(F)F)c1. The monoisotopic (exact) mass is 455 g/mol. The molecule has 0 fully saturated rings. The molecule has 0 bridgehead atoms. The van der Waals surface area contributed by atoms with Gasteiger partial charge in [-0.25, -0.2) is 9.19 Å². The molecule has 2 aromatic heterocycles. The third-order valence-electron chi connectivity index (χ3n) is 4.19. The predicted octanol–water partition coefficient (Wildman–Crippen LogP) is 3.48. The van der Waals surface area contributed by atoms with Crippen LogP contribution in [0.5, 0.6) is 0 Å². The zero-order valence-corrected chi connectivity index (χ0v) is 16.8. The van der Waals surface area contributed by atoms with E-state index < -0.39 is 39.6 Å². The molecule has 0 saturated carbocycles. The van der Waals surface area contributed by atoms with Gasteiger partial charge < -0.3 is 5.73 Å². The third kappa shape index (κ3) is 4.14. The highest BCUT2D eigenvalue weighted by Gasteiger charge is 2.31. The lowest BCUT2D eigenvalue weighted by molar-refractivity contribution is -0.137. The van der Waals surface area contributed by atoms with Crippen LogP contribution < -0.4 is 11.3 Å². The van der Waals surface area contributed by atoms with Crippen molar-refractivity contribution in [2.24, 2.45) is 5.73 Å². The first-order valence-electron chi connectivity index (χ1n) is 8.28. The zero-order chi connectivity index (χ0) is 22.2. The van der Waals surface area contributed by atoms with Crippen molar-refractivity contribution in [3.05, 3.63) is 80.9 Å². The number of hydrogen-bond donors (Lipinski definition) is 1. The van der Waals surface area contributed by atoms with Gasteiger partial charge in [0.2, 0.25) is 0 Å². The molecule has 1 atom stereocenters. The number of halogens is 4. The summed E-state index contributed by atoms with van der Waals surface area (Å²) in [7, 11) is -1.97. The summed E-state index contributed by atoms with van der Waals surface area (Å²) in [5.41, 5.74) is 2.76. The van der Waals surface area contributed by atoms with E-state index in [4.69, 9.17) is 17.3 Å². The summed E-state index contributed by atoms with van der Waals surface area (Å²) in [6.45, 7) is 1.40. The van der Waals surface area contributed by atoms with Gasteiger partial charge in [0.15, 0.2) is 0 Å². The van der Waals surface area contributed by atoms with E-state index in [0.29, 0.717) is 5.02 Å². The normalized spacial score (nSPS) is 12.6. The van der Waals surface area contributed by atoms with E-state index in [9.17, 15) is 27.0 Å². The molecule has 0 radical (unpaired) electrons. The second-order valence-corrected chi connectivity index (χ2v) is 7.98. The molecule has 11 heteroatoms. The van der Waals surface area contributed by atoms with Crippen molar-refractivity contribution in [3.63, 3.8) is 0 Å². The molecule has 0 spiro atoms. The summed E-state index contributed by atoms with van der Waals surface area (Å²) in [6.07, 6.45) is -3.38. The maximum Gasteiger partial charge on any atom is 0.416 e. The summed E-state index contributed by atoms with van der Waals surface area (Å²) in [6, 6.07) is 7.90. The number of pyridine rings is 2. The Bertz CT molecular complexity index is 1220. The van der Waals surface area contributed by atoms with Crippen molar-refractivity contribution in [2.45, 2.75) is 23.0 Å². The number of nitrogens with zero attached hydrogens (tertiary/aromatic N) is 2. The van der Waals surface area contributed by atoms with Crippen LogP contribution in [0.25, 0.3) is 5.69 Å². The second-order valence-electron chi connectivity index (χ2n) is 6.14.